The minimum Gasteiger partial charge on any atom is -0.357 e. The van der Waals surface area contributed by atoms with Crippen molar-refractivity contribution in [3.8, 4) is 0 Å². The molecule has 0 radical (unpaired) electrons. The van der Waals surface area contributed by atoms with Crippen LogP contribution in [0.4, 0.5) is 5.13 Å². The number of guanidine groups is 1. The van der Waals surface area contributed by atoms with Gasteiger partial charge >= 0.3 is 0 Å². The van der Waals surface area contributed by atoms with Crippen molar-refractivity contribution >= 4 is 22.4 Å². The number of hydrogen-bond donors (Lipinski definition) is 2. The van der Waals surface area contributed by atoms with Crippen LogP contribution in [0.15, 0.2) is 10.4 Å². The van der Waals surface area contributed by atoms with Gasteiger partial charge in [0.05, 0.1) is 12.2 Å². The largest absolute Gasteiger partial charge is 0.357 e. The van der Waals surface area contributed by atoms with Crippen molar-refractivity contribution < 1.29 is 0 Å². The van der Waals surface area contributed by atoms with E-state index in [4.69, 9.17) is 0 Å². The molecule has 0 spiro atoms. The molecule has 0 fully saturated rings. The topological polar surface area (TPSA) is 52.6 Å². The number of hydrogen-bond acceptors (Lipinski definition) is 4. The minimum atomic E-state index is 0.442. The Morgan fingerprint density at radius 1 is 1.36 bits per heavy atom. The monoisotopic (exact) mass is 325 g/mol. The predicted molar refractivity (Wildman–Crippen MR) is 98.0 cm³/mol. The van der Waals surface area contributed by atoms with Crippen molar-refractivity contribution in [3.63, 3.8) is 0 Å². The van der Waals surface area contributed by atoms with Crippen molar-refractivity contribution in [2.24, 2.45) is 4.99 Å². The van der Waals surface area contributed by atoms with Gasteiger partial charge in [0.15, 0.2) is 11.1 Å². The number of aliphatic imine (C=N–C) groups is 1. The zero-order chi connectivity index (χ0) is 16.4. The van der Waals surface area contributed by atoms with Crippen LogP contribution in [-0.2, 0) is 6.54 Å². The molecule has 0 aliphatic carbocycles. The third-order valence-electron chi connectivity index (χ3n) is 3.29. The fraction of sp³-hybridized carbons (Fsp3) is 0.750. The average Bonchev–Trinajstić information content (AvgIpc) is 2.94. The molecule has 1 heterocycles. The molecule has 22 heavy (non-hydrogen) atoms. The number of thiazole rings is 1. The summed E-state index contributed by atoms with van der Waals surface area (Å²) >= 11 is 1.65. The van der Waals surface area contributed by atoms with Crippen molar-refractivity contribution in [1.82, 2.24) is 15.6 Å². The van der Waals surface area contributed by atoms with Gasteiger partial charge in [-0.05, 0) is 20.3 Å². The van der Waals surface area contributed by atoms with E-state index in [2.05, 4.69) is 46.8 Å². The fourth-order valence-corrected chi connectivity index (χ4v) is 2.81. The Labute approximate surface area is 139 Å². The minimum absolute atomic E-state index is 0.442. The van der Waals surface area contributed by atoms with Gasteiger partial charge in [-0.25, -0.2) is 9.98 Å². The standard InChI is InChI=1S/C16H31N5S/c1-6-8-9-10-13(3)19-15(17-7-2)18-11-14-12-22-16(20-14)21(4)5/h12-13H,6-11H2,1-5H3,(H2,17,18,19). The Hall–Kier alpha value is -1.30. The van der Waals surface area contributed by atoms with E-state index in [1.165, 1.54) is 25.7 Å². The highest BCUT2D eigenvalue weighted by atomic mass is 32.1. The van der Waals surface area contributed by atoms with Crippen LogP contribution in [0, 0.1) is 0 Å². The third kappa shape index (κ3) is 7.11. The average molecular weight is 326 g/mol. The van der Waals surface area contributed by atoms with Crippen LogP contribution < -0.4 is 15.5 Å². The number of aromatic nitrogens is 1. The first kappa shape index (κ1) is 18.7. The Balaban J connectivity index is 2.53. The van der Waals surface area contributed by atoms with Gasteiger partial charge in [0, 0.05) is 32.1 Å². The first-order chi connectivity index (χ1) is 10.6. The molecule has 2 N–H and O–H groups in total. The molecule has 6 heteroatoms. The predicted octanol–water partition coefficient (Wildman–Crippen LogP) is 3.23. The molecule has 1 unspecified atom stereocenters. The molecule has 0 aliphatic heterocycles. The van der Waals surface area contributed by atoms with Crippen molar-refractivity contribution in [2.75, 3.05) is 25.5 Å². The molecule has 0 saturated carbocycles. The van der Waals surface area contributed by atoms with E-state index in [1.807, 2.05) is 19.0 Å². The molecule has 1 rings (SSSR count). The Morgan fingerprint density at radius 2 is 2.14 bits per heavy atom. The van der Waals surface area contributed by atoms with E-state index in [-0.39, 0.29) is 0 Å². The molecule has 1 aromatic heterocycles. The molecule has 0 aliphatic rings. The van der Waals surface area contributed by atoms with Gasteiger partial charge in [-0.3, -0.25) is 0 Å². The third-order valence-corrected chi connectivity index (χ3v) is 4.35. The summed E-state index contributed by atoms with van der Waals surface area (Å²) in [6.07, 6.45) is 5.01. The van der Waals surface area contributed by atoms with Crippen molar-refractivity contribution in [3.05, 3.63) is 11.1 Å². The maximum atomic E-state index is 4.64. The number of anilines is 1. The van der Waals surface area contributed by atoms with Crippen LogP contribution in [0.5, 0.6) is 0 Å². The van der Waals surface area contributed by atoms with E-state index in [1.54, 1.807) is 11.3 Å². The molecule has 0 aromatic carbocycles. The molecule has 1 atom stereocenters. The van der Waals surface area contributed by atoms with Gasteiger partial charge in [-0.1, -0.05) is 26.2 Å². The molecule has 0 bridgehead atoms. The second-order valence-electron chi connectivity index (χ2n) is 5.75. The summed E-state index contributed by atoms with van der Waals surface area (Å²) in [6, 6.07) is 0.442. The summed E-state index contributed by atoms with van der Waals surface area (Å²) in [5.41, 5.74) is 1.02. The number of nitrogens with one attached hydrogen (secondary N) is 2. The molecule has 1 aromatic rings. The summed E-state index contributed by atoms with van der Waals surface area (Å²) < 4.78 is 0. The normalized spacial score (nSPS) is 13.0. The first-order valence-corrected chi connectivity index (χ1v) is 9.11. The van der Waals surface area contributed by atoms with Crippen LogP contribution in [0.2, 0.25) is 0 Å². The van der Waals surface area contributed by atoms with E-state index in [9.17, 15) is 0 Å². The van der Waals surface area contributed by atoms with Gasteiger partial charge in [0.2, 0.25) is 0 Å². The highest BCUT2D eigenvalue weighted by molar-refractivity contribution is 7.13. The van der Waals surface area contributed by atoms with Gasteiger partial charge in [0.25, 0.3) is 0 Å². The number of nitrogens with zero attached hydrogens (tertiary/aromatic N) is 3. The first-order valence-electron chi connectivity index (χ1n) is 8.23. The maximum Gasteiger partial charge on any atom is 0.191 e. The van der Waals surface area contributed by atoms with Gasteiger partial charge in [-0.15, -0.1) is 11.3 Å². The lowest BCUT2D eigenvalue weighted by molar-refractivity contribution is 0.547. The SMILES string of the molecule is CCCCCC(C)NC(=NCc1csc(N(C)C)n1)NCC. The number of rotatable bonds is 9. The van der Waals surface area contributed by atoms with Crippen LogP contribution in [0.3, 0.4) is 0 Å². The molecule has 0 amide bonds. The van der Waals surface area contributed by atoms with Crippen LogP contribution >= 0.6 is 11.3 Å². The summed E-state index contributed by atoms with van der Waals surface area (Å²) in [5.74, 6) is 0.880. The van der Waals surface area contributed by atoms with Crippen LogP contribution in [0.1, 0.15) is 52.1 Å². The maximum absolute atomic E-state index is 4.64. The molecule has 126 valence electrons. The Kier molecular flexibility index (Phi) is 8.89. The van der Waals surface area contributed by atoms with Gasteiger partial charge in [0.1, 0.15) is 0 Å². The van der Waals surface area contributed by atoms with E-state index >= 15 is 0 Å². The van der Waals surface area contributed by atoms with Crippen LogP contribution in [-0.4, -0.2) is 37.6 Å². The summed E-state index contributed by atoms with van der Waals surface area (Å²) in [7, 11) is 4.02. The second-order valence-corrected chi connectivity index (χ2v) is 6.59. The second kappa shape index (κ2) is 10.4. The van der Waals surface area contributed by atoms with E-state index < -0.39 is 0 Å². The fourth-order valence-electron chi connectivity index (χ4n) is 2.06. The summed E-state index contributed by atoms with van der Waals surface area (Å²) in [5, 5.41) is 9.89. The highest BCUT2D eigenvalue weighted by Crippen LogP contribution is 2.18. The van der Waals surface area contributed by atoms with Crippen LogP contribution in [0.25, 0.3) is 0 Å². The molecule has 0 saturated heterocycles. The highest BCUT2D eigenvalue weighted by Gasteiger charge is 2.06. The van der Waals surface area contributed by atoms with E-state index in [0.29, 0.717) is 12.6 Å². The van der Waals surface area contributed by atoms with Gasteiger partial charge in [-0.2, -0.15) is 0 Å². The molecular formula is C16H31N5S. The summed E-state index contributed by atoms with van der Waals surface area (Å²) in [4.78, 5) is 11.2. The Bertz CT molecular complexity index is 441. The van der Waals surface area contributed by atoms with Gasteiger partial charge < -0.3 is 15.5 Å². The van der Waals surface area contributed by atoms with Crippen molar-refractivity contribution in [2.45, 2.75) is 59.0 Å². The van der Waals surface area contributed by atoms with Crippen molar-refractivity contribution in [1.29, 1.82) is 0 Å². The lowest BCUT2D eigenvalue weighted by Gasteiger charge is -2.17. The summed E-state index contributed by atoms with van der Waals surface area (Å²) in [6.45, 7) is 8.02. The van der Waals surface area contributed by atoms with E-state index in [0.717, 1.165) is 23.3 Å². The lowest BCUT2D eigenvalue weighted by atomic mass is 10.1. The zero-order valence-electron chi connectivity index (χ0n) is 14.6. The Morgan fingerprint density at radius 3 is 2.73 bits per heavy atom. The number of unbranched alkanes of at least 4 members (excludes halogenated alkanes) is 2. The zero-order valence-corrected chi connectivity index (χ0v) is 15.5. The molecular weight excluding hydrogens is 294 g/mol. The lowest BCUT2D eigenvalue weighted by Crippen LogP contribution is -2.42. The molecule has 5 nitrogen and oxygen atoms in total. The quantitative estimate of drug-likeness (QED) is 0.416. The smallest absolute Gasteiger partial charge is 0.191 e.